The van der Waals surface area contributed by atoms with E-state index in [9.17, 15) is 13.2 Å². The first-order chi connectivity index (χ1) is 18.6. The van der Waals surface area contributed by atoms with Gasteiger partial charge in [-0.05, 0) is 73.9 Å². The van der Waals surface area contributed by atoms with Gasteiger partial charge in [0.1, 0.15) is 23.5 Å². The quantitative estimate of drug-likeness (QED) is 0.356. The van der Waals surface area contributed by atoms with E-state index in [0.29, 0.717) is 42.0 Å². The normalized spacial score (nSPS) is 20.9. The van der Waals surface area contributed by atoms with Crippen molar-refractivity contribution in [1.29, 1.82) is 0 Å². The molecule has 4 heterocycles. The number of fused-ring (bicyclic) bond motifs is 1. The maximum absolute atomic E-state index is 14.3. The zero-order chi connectivity index (χ0) is 27.0. The molecule has 2 aromatic carbocycles. The van der Waals surface area contributed by atoms with Crippen LogP contribution in [0.3, 0.4) is 0 Å². The maximum atomic E-state index is 14.3. The summed E-state index contributed by atoms with van der Waals surface area (Å²) in [6.45, 7) is 5.00. The topological polar surface area (TPSA) is 71.9 Å². The first-order valence-corrected chi connectivity index (χ1v) is 13.5. The molecule has 0 radical (unpaired) electrons. The highest BCUT2D eigenvalue weighted by molar-refractivity contribution is 5.84. The molecule has 1 atom stereocenters. The number of nitrogens with zero attached hydrogens (tertiary/aromatic N) is 5. The van der Waals surface area contributed by atoms with Crippen molar-refractivity contribution in [3.8, 4) is 11.4 Å². The van der Waals surface area contributed by atoms with E-state index >= 15 is 0 Å². The van der Waals surface area contributed by atoms with Crippen molar-refractivity contribution < 1.29 is 17.9 Å². The number of hydrogen-bond acceptors (Lipinski definition) is 5. The van der Waals surface area contributed by atoms with Crippen LogP contribution in [0.15, 0.2) is 42.7 Å². The molecule has 3 aliphatic rings. The minimum atomic E-state index is -4.50. The summed E-state index contributed by atoms with van der Waals surface area (Å²) in [5.41, 5.74) is 2.27. The van der Waals surface area contributed by atoms with Crippen molar-refractivity contribution in [2.75, 3.05) is 26.3 Å². The second-order valence-corrected chi connectivity index (χ2v) is 11.9. The van der Waals surface area contributed by atoms with E-state index in [0.717, 1.165) is 36.5 Å². The molecule has 1 saturated carbocycles. The Morgan fingerprint density at radius 3 is 2.59 bits per heavy atom. The summed E-state index contributed by atoms with van der Waals surface area (Å²) in [5, 5.41) is 8.35. The molecule has 2 saturated heterocycles. The van der Waals surface area contributed by atoms with E-state index in [1.54, 1.807) is 6.33 Å². The maximum Gasteiger partial charge on any atom is 0.418 e. The summed E-state index contributed by atoms with van der Waals surface area (Å²) < 4.78 is 50.2. The minimum Gasteiger partial charge on any atom is -0.379 e. The molecule has 1 spiro atoms. The lowest BCUT2D eigenvalue weighted by Gasteiger charge is -2.40. The third-order valence-electron chi connectivity index (χ3n) is 9.05. The molecular weight excluding hydrogens is 505 g/mol. The Morgan fingerprint density at radius 1 is 1.13 bits per heavy atom. The Balaban J connectivity index is 1.23. The summed E-state index contributed by atoms with van der Waals surface area (Å²) in [6.07, 6.45) is 1.47. The van der Waals surface area contributed by atoms with Crippen molar-refractivity contribution in [1.82, 2.24) is 29.6 Å². The molecular formula is C29H31F3N6O. The third kappa shape index (κ3) is 4.24. The average Bonchev–Trinajstić information content (AvgIpc) is 3.20. The number of aromatic nitrogens is 5. The Bertz CT molecular complexity index is 1550. The molecule has 7 nitrogen and oxygen atoms in total. The summed E-state index contributed by atoms with van der Waals surface area (Å²) in [4.78, 5) is 10.0. The van der Waals surface area contributed by atoms with Gasteiger partial charge in [-0.3, -0.25) is 4.90 Å². The van der Waals surface area contributed by atoms with E-state index < -0.39 is 11.7 Å². The molecule has 0 bridgehead atoms. The SMILES string of the molecule is C[C@H](c1cc(C(F)(F)F)c2nc(-c3cccc(CC4(c5nncn5C)COC4)c3)[nH]c2c1)N1CCC2(CC2)C1. The van der Waals surface area contributed by atoms with E-state index in [1.807, 2.05) is 48.9 Å². The summed E-state index contributed by atoms with van der Waals surface area (Å²) in [6, 6.07) is 10.9. The number of alkyl halides is 3. The van der Waals surface area contributed by atoms with Gasteiger partial charge in [-0.2, -0.15) is 13.2 Å². The molecule has 2 aliphatic heterocycles. The van der Waals surface area contributed by atoms with Gasteiger partial charge in [0.25, 0.3) is 0 Å². The Kier molecular flexibility index (Phi) is 5.48. The number of hydrogen-bond donors (Lipinski definition) is 1. The number of ether oxygens (including phenoxy) is 1. The Morgan fingerprint density at radius 2 is 1.95 bits per heavy atom. The van der Waals surface area contributed by atoms with Gasteiger partial charge in [-0.25, -0.2) is 4.98 Å². The fourth-order valence-electron chi connectivity index (χ4n) is 6.47. The van der Waals surface area contributed by atoms with Crippen LogP contribution >= 0.6 is 0 Å². The number of H-pyrrole nitrogens is 1. The number of rotatable bonds is 6. The average molecular weight is 537 g/mol. The number of halogens is 3. The zero-order valence-electron chi connectivity index (χ0n) is 22.1. The predicted molar refractivity (Wildman–Crippen MR) is 140 cm³/mol. The lowest BCUT2D eigenvalue weighted by molar-refractivity contribution is -0.136. The standard InChI is InChI=1S/C29H31F3N6O/c1-18(38-9-8-27(14-38)6-7-27)21-11-22(29(30,31)32)24-23(12-21)34-25(35-24)20-5-3-4-19(10-20)13-28(15-39-16-28)26-36-33-17-37(26)2/h3-5,10-12,17-18H,6-9,13-16H2,1-2H3,(H,34,35)/t18-/m1/s1. The van der Waals surface area contributed by atoms with Crippen LogP contribution in [-0.4, -0.2) is 55.9 Å². The van der Waals surface area contributed by atoms with Crippen molar-refractivity contribution >= 4 is 11.0 Å². The summed E-state index contributed by atoms with van der Waals surface area (Å²) in [5.74, 6) is 1.29. The molecule has 7 rings (SSSR count). The largest absolute Gasteiger partial charge is 0.418 e. The lowest BCUT2D eigenvalue weighted by atomic mass is 9.78. The van der Waals surface area contributed by atoms with Crippen LogP contribution in [0.25, 0.3) is 22.4 Å². The number of imidazole rings is 1. The number of likely N-dealkylation sites (tertiary alicyclic amines) is 1. The van der Waals surface area contributed by atoms with E-state index in [2.05, 4.69) is 25.1 Å². The van der Waals surface area contributed by atoms with Crippen LogP contribution in [0.1, 0.15) is 54.7 Å². The van der Waals surface area contributed by atoms with Gasteiger partial charge in [0.15, 0.2) is 0 Å². The van der Waals surface area contributed by atoms with Crippen molar-refractivity contribution in [3.05, 3.63) is 65.2 Å². The predicted octanol–water partition coefficient (Wildman–Crippen LogP) is 5.43. The second kappa shape index (κ2) is 8.63. The highest BCUT2D eigenvalue weighted by Crippen LogP contribution is 2.54. The van der Waals surface area contributed by atoms with E-state index in [-0.39, 0.29) is 17.0 Å². The van der Waals surface area contributed by atoms with Gasteiger partial charge >= 0.3 is 6.18 Å². The Hall–Kier alpha value is -3.24. The number of aromatic amines is 1. The highest BCUT2D eigenvalue weighted by atomic mass is 19.4. The van der Waals surface area contributed by atoms with Crippen LogP contribution in [-0.2, 0) is 29.8 Å². The van der Waals surface area contributed by atoms with Crippen LogP contribution in [0, 0.1) is 5.41 Å². The smallest absolute Gasteiger partial charge is 0.379 e. The molecule has 1 N–H and O–H groups in total. The first kappa shape index (κ1) is 24.8. The van der Waals surface area contributed by atoms with Gasteiger partial charge in [0.2, 0.25) is 0 Å². The van der Waals surface area contributed by atoms with Crippen molar-refractivity contribution in [3.63, 3.8) is 0 Å². The molecule has 0 unspecified atom stereocenters. The molecule has 204 valence electrons. The van der Waals surface area contributed by atoms with E-state index in [4.69, 9.17) is 4.74 Å². The highest BCUT2D eigenvalue weighted by Gasteiger charge is 2.49. The molecule has 0 amide bonds. The number of nitrogens with one attached hydrogen (secondary N) is 1. The lowest BCUT2D eigenvalue weighted by Crippen LogP contribution is -2.50. The van der Waals surface area contributed by atoms with Crippen LogP contribution in [0.4, 0.5) is 13.2 Å². The fraction of sp³-hybridized carbons (Fsp3) is 0.483. The van der Waals surface area contributed by atoms with Crippen LogP contribution < -0.4 is 0 Å². The second-order valence-electron chi connectivity index (χ2n) is 11.9. The molecule has 4 aromatic rings. The van der Waals surface area contributed by atoms with Crippen LogP contribution in [0.5, 0.6) is 0 Å². The fourth-order valence-corrected chi connectivity index (χ4v) is 6.47. The van der Waals surface area contributed by atoms with Crippen LogP contribution in [0.2, 0.25) is 0 Å². The zero-order valence-corrected chi connectivity index (χ0v) is 22.1. The molecule has 1 aliphatic carbocycles. The van der Waals surface area contributed by atoms with Gasteiger partial charge < -0.3 is 14.3 Å². The summed E-state index contributed by atoms with van der Waals surface area (Å²) in [7, 11) is 1.92. The third-order valence-corrected chi connectivity index (χ3v) is 9.05. The Labute approximate surface area is 224 Å². The van der Waals surface area contributed by atoms with Crippen molar-refractivity contribution in [2.45, 2.75) is 50.2 Å². The van der Waals surface area contributed by atoms with Gasteiger partial charge in [-0.15, -0.1) is 10.2 Å². The van der Waals surface area contributed by atoms with Gasteiger partial charge in [0, 0.05) is 25.2 Å². The first-order valence-electron chi connectivity index (χ1n) is 13.5. The molecule has 39 heavy (non-hydrogen) atoms. The van der Waals surface area contributed by atoms with Crippen molar-refractivity contribution in [2.24, 2.45) is 12.5 Å². The van der Waals surface area contributed by atoms with Gasteiger partial charge in [-0.1, -0.05) is 18.2 Å². The summed E-state index contributed by atoms with van der Waals surface area (Å²) >= 11 is 0. The van der Waals surface area contributed by atoms with E-state index in [1.165, 1.54) is 18.9 Å². The number of benzene rings is 2. The number of aryl methyl sites for hydroxylation is 1. The minimum absolute atomic E-state index is 0.0399. The van der Waals surface area contributed by atoms with Gasteiger partial charge in [0.05, 0.1) is 29.7 Å². The molecule has 2 aromatic heterocycles. The molecule has 3 fully saturated rings. The monoisotopic (exact) mass is 536 g/mol. The molecule has 10 heteroatoms.